The van der Waals surface area contributed by atoms with Gasteiger partial charge in [0.05, 0.1) is 22.8 Å². The molecule has 1 amide bonds. The lowest BCUT2D eigenvalue weighted by Crippen LogP contribution is -2.27. The summed E-state index contributed by atoms with van der Waals surface area (Å²) in [5.41, 5.74) is 4.63. The number of amides is 1. The summed E-state index contributed by atoms with van der Waals surface area (Å²) in [4.78, 5) is 21.2. The number of hydrogen-bond donors (Lipinski definition) is 0. The number of aryl methyl sites for hydroxylation is 2. The molecule has 0 atom stereocenters. The summed E-state index contributed by atoms with van der Waals surface area (Å²) in [6.45, 7) is 4.16. The highest BCUT2D eigenvalue weighted by molar-refractivity contribution is 7.16. The maximum absolute atomic E-state index is 13.5. The first kappa shape index (κ1) is 22.5. The minimum atomic E-state index is -0.104. The number of rotatable bonds is 6. The molecule has 0 fully saturated rings. The van der Waals surface area contributed by atoms with E-state index in [1.807, 2.05) is 30.3 Å². The smallest absolute Gasteiger partial charge is 0.237 e. The van der Waals surface area contributed by atoms with Crippen LogP contribution in [0.3, 0.4) is 0 Å². The van der Waals surface area contributed by atoms with Gasteiger partial charge in [-0.15, -0.1) is 11.3 Å². The van der Waals surface area contributed by atoms with Crippen molar-refractivity contribution in [2.75, 3.05) is 4.90 Å². The molecule has 1 aromatic heterocycles. The Kier molecular flexibility index (Phi) is 6.95. The molecule has 0 radical (unpaired) electrons. The third-order valence-electron chi connectivity index (χ3n) is 5.12. The van der Waals surface area contributed by atoms with Crippen molar-refractivity contribution in [1.29, 1.82) is 0 Å². The molecule has 32 heavy (non-hydrogen) atoms. The molecule has 3 aromatic carbocycles. The lowest BCUT2D eigenvalue weighted by atomic mass is 10.1. The molecular formula is C26H22Cl2N2OS. The Morgan fingerprint density at radius 1 is 1.00 bits per heavy atom. The van der Waals surface area contributed by atoms with Gasteiger partial charge in [-0.05, 0) is 37.1 Å². The molecule has 0 N–H and O–H groups in total. The van der Waals surface area contributed by atoms with E-state index in [-0.39, 0.29) is 12.3 Å². The van der Waals surface area contributed by atoms with Crippen LogP contribution < -0.4 is 4.90 Å². The topological polar surface area (TPSA) is 33.2 Å². The standard InChI is InChI=1S/C26H22Cl2N2OS/c1-3-23-25(19-11-9-17(2)10-12-19)29-26(32-23)30(22-14-13-20(27)16-21(22)28)24(31)15-18-7-5-4-6-8-18/h4-14,16H,3,15H2,1-2H3. The van der Waals surface area contributed by atoms with Crippen LogP contribution in [0.1, 0.15) is 22.9 Å². The van der Waals surface area contributed by atoms with Gasteiger partial charge in [0.25, 0.3) is 0 Å². The van der Waals surface area contributed by atoms with E-state index in [2.05, 4.69) is 38.1 Å². The van der Waals surface area contributed by atoms with Crippen molar-refractivity contribution in [1.82, 2.24) is 4.98 Å². The van der Waals surface area contributed by atoms with Crippen molar-refractivity contribution in [3.05, 3.63) is 98.8 Å². The Morgan fingerprint density at radius 3 is 2.38 bits per heavy atom. The van der Waals surface area contributed by atoms with Crippen molar-refractivity contribution in [2.24, 2.45) is 0 Å². The third kappa shape index (κ3) is 4.88. The second kappa shape index (κ2) is 9.86. The van der Waals surface area contributed by atoms with Crippen molar-refractivity contribution < 1.29 is 4.79 Å². The van der Waals surface area contributed by atoms with Crippen LogP contribution in [0.5, 0.6) is 0 Å². The van der Waals surface area contributed by atoms with Crippen LogP contribution in [0.15, 0.2) is 72.8 Å². The lowest BCUT2D eigenvalue weighted by molar-refractivity contribution is -0.117. The molecule has 0 saturated carbocycles. The first-order chi connectivity index (χ1) is 15.5. The van der Waals surface area contributed by atoms with Crippen LogP contribution in [-0.4, -0.2) is 10.9 Å². The van der Waals surface area contributed by atoms with Gasteiger partial charge < -0.3 is 0 Å². The van der Waals surface area contributed by atoms with Crippen LogP contribution >= 0.6 is 34.5 Å². The number of aromatic nitrogens is 1. The van der Waals surface area contributed by atoms with E-state index in [4.69, 9.17) is 28.2 Å². The predicted octanol–water partition coefficient (Wildman–Crippen LogP) is 7.90. The van der Waals surface area contributed by atoms with E-state index in [9.17, 15) is 4.79 Å². The molecule has 0 aliphatic carbocycles. The van der Waals surface area contributed by atoms with Crippen LogP contribution in [-0.2, 0) is 17.6 Å². The Labute approximate surface area is 202 Å². The Balaban J connectivity index is 1.81. The van der Waals surface area contributed by atoms with Gasteiger partial charge in [0, 0.05) is 15.5 Å². The maximum Gasteiger partial charge on any atom is 0.237 e. The van der Waals surface area contributed by atoms with E-state index in [0.717, 1.165) is 28.1 Å². The third-order valence-corrected chi connectivity index (χ3v) is 6.84. The fourth-order valence-corrected chi connectivity index (χ4v) is 5.01. The van der Waals surface area contributed by atoms with Crippen molar-refractivity contribution in [3.8, 4) is 11.3 Å². The number of benzene rings is 3. The van der Waals surface area contributed by atoms with Gasteiger partial charge in [-0.25, -0.2) is 4.98 Å². The highest BCUT2D eigenvalue weighted by Crippen LogP contribution is 2.40. The average Bonchev–Trinajstić information content (AvgIpc) is 3.20. The van der Waals surface area contributed by atoms with E-state index >= 15 is 0 Å². The number of carbonyl (C=O) groups excluding carboxylic acids is 1. The Bertz CT molecular complexity index is 1240. The molecule has 1 heterocycles. The fraction of sp³-hybridized carbons (Fsp3) is 0.154. The Morgan fingerprint density at radius 2 is 1.72 bits per heavy atom. The van der Waals surface area contributed by atoms with Crippen molar-refractivity contribution >= 4 is 51.3 Å². The largest absolute Gasteiger partial charge is 0.274 e. The van der Waals surface area contributed by atoms with Gasteiger partial charge in [0.2, 0.25) is 5.91 Å². The first-order valence-corrected chi connectivity index (χ1v) is 11.9. The van der Waals surface area contributed by atoms with Crippen LogP contribution in [0.2, 0.25) is 10.0 Å². The summed E-state index contributed by atoms with van der Waals surface area (Å²) in [6, 6.07) is 23.1. The summed E-state index contributed by atoms with van der Waals surface area (Å²) < 4.78 is 0. The zero-order chi connectivity index (χ0) is 22.7. The minimum Gasteiger partial charge on any atom is -0.274 e. The summed E-state index contributed by atoms with van der Waals surface area (Å²) in [5, 5.41) is 1.52. The molecular weight excluding hydrogens is 459 g/mol. The number of nitrogens with zero attached hydrogens (tertiary/aromatic N) is 2. The van der Waals surface area contributed by atoms with Gasteiger partial charge in [0.1, 0.15) is 0 Å². The van der Waals surface area contributed by atoms with Crippen molar-refractivity contribution in [2.45, 2.75) is 26.7 Å². The zero-order valence-corrected chi connectivity index (χ0v) is 20.1. The normalized spacial score (nSPS) is 10.9. The number of hydrogen-bond acceptors (Lipinski definition) is 3. The zero-order valence-electron chi connectivity index (χ0n) is 17.8. The molecule has 3 nitrogen and oxygen atoms in total. The summed E-state index contributed by atoms with van der Waals surface area (Å²) >= 11 is 14.2. The van der Waals surface area contributed by atoms with Gasteiger partial charge >= 0.3 is 0 Å². The number of carbonyl (C=O) groups is 1. The monoisotopic (exact) mass is 480 g/mol. The highest BCUT2D eigenvalue weighted by Gasteiger charge is 2.26. The van der Waals surface area contributed by atoms with Gasteiger partial charge in [-0.2, -0.15) is 0 Å². The molecule has 6 heteroatoms. The van der Waals surface area contributed by atoms with E-state index in [0.29, 0.717) is 20.9 Å². The Hall–Kier alpha value is -2.66. The molecule has 0 aliphatic heterocycles. The second-order valence-electron chi connectivity index (χ2n) is 7.48. The van der Waals surface area contributed by atoms with Crippen LogP contribution in [0.25, 0.3) is 11.3 Å². The lowest BCUT2D eigenvalue weighted by Gasteiger charge is -2.21. The number of halogens is 2. The van der Waals surface area contributed by atoms with Crippen molar-refractivity contribution in [3.63, 3.8) is 0 Å². The quantitative estimate of drug-likeness (QED) is 0.281. The van der Waals surface area contributed by atoms with Gasteiger partial charge in [0.15, 0.2) is 5.13 Å². The summed E-state index contributed by atoms with van der Waals surface area (Å²) in [5.74, 6) is -0.104. The maximum atomic E-state index is 13.5. The summed E-state index contributed by atoms with van der Waals surface area (Å²) in [6.07, 6.45) is 1.05. The molecule has 4 rings (SSSR count). The molecule has 0 aliphatic rings. The summed E-state index contributed by atoms with van der Waals surface area (Å²) in [7, 11) is 0. The van der Waals surface area contributed by atoms with E-state index in [1.165, 1.54) is 16.9 Å². The minimum absolute atomic E-state index is 0.104. The SMILES string of the molecule is CCc1sc(N(C(=O)Cc2ccccc2)c2ccc(Cl)cc2Cl)nc1-c1ccc(C)cc1. The molecule has 4 aromatic rings. The fourth-order valence-electron chi connectivity index (χ4n) is 3.47. The van der Waals surface area contributed by atoms with Gasteiger partial charge in [-0.3, -0.25) is 9.69 Å². The predicted molar refractivity (Wildman–Crippen MR) is 135 cm³/mol. The van der Waals surface area contributed by atoms with Crippen LogP contribution in [0.4, 0.5) is 10.8 Å². The molecule has 0 unspecified atom stereocenters. The molecule has 162 valence electrons. The average molecular weight is 481 g/mol. The molecule has 0 saturated heterocycles. The van der Waals surface area contributed by atoms with Gasteiger partial charge in [-0.1, -0.05) is 90.3 Å². The molecule has 0 bridgehead atoms. The van der Waals surface area contributed by atoms with E-state index in [1.54, 1.807) is 23.1 Å². The number of anilines is 2. The first-order valence-electron chi connectivity index (χ1n) is 10.3. The number of thiazole rings is 1. The molecule has 0 spiro atoms. The van der Waals surface area contributed by atoms with Crippen LogP contribution in [0, 0.1) is 6.92 Å². The second-order valence-corrected chi connectivity index (χ2v) is 9.38. The highest BCUT2D eigenvalue weighted by atomic mass is 35.5. The van der Waals surface area contributed by atoms with E-state index < -0.39 is 0 Å².